The summed E-state index contributed by atoms with van der Waals surface area (Å²) in [4.78, 5) is 13.2. The molecule has 1 aromatic heterocycles. The van der Waals surface area contributed by atoms with Gasteiger partial charge in [-0.15, -0.1) is 0 Å². The van der Waals surface area contributed by atoms with Gasteiger partial charge in [-0.2, -0.15) is 5.10 Å². The van der Waals surface area contributed by atoms with Gasteiger partial charge >= 0.3 is 6.09 Å². The van der Waals surface area contributed by atoms with E-state index in [0.29, 0.717) is 18.8 Å². The van der Waals surface area contributed by atoms with E-state index < -0.39 is 11.7 Å². The minimum atomic E-state index is -0.944. The van der Waals surface area contributed by atoms with Crippen LogP contribution in [0, 0.1) is 0 Å². The molecule has 0 fully saturated rings. The van der Waals surface area contributed by atoms with Crippen molar-refractivity contribution < 1.29 is 19.7 Å². The Morgan fingerprint density at radius 3 is 2.79 bits per heavy atom. The van der Waals surface area contributed by atoms with Crippen molar-refractivity contribution in [1.82, 2.24) is 9.78 Å². The predicted octanol–water partition coefficient (Wildman–Crippen LogP) is 3.93. The average molecular weight is 387 g/mol. The second-order valence-corrected chi connectivity index (χ2v) is 8.07. The van der Waals surface area contributed by atoms with Crippen LogP contribution in [0.3, 0.4) is 0 Å². The first-order valence-corrected chi connectivity index (χ1v) is 9.77. The number of anilines is 1. The highest BCUT2D eigenvalue weighted by Gasteiger charge is 2.31. The fourth-order valence-electron chi connectivity index (χ4n) is 3.68. The topological polar surface area (TPSA) is 87.8 Å². The first-order chi connectivity index (χ1) is 13.2. The number of carboxylic acid groups (broad SMARTS) is 1. The number of ether oxygens (including phenoxy) is 1. The first-order valence-electron chi connectivity index (χ1n) is 9.77. The summed E-state index contributed by atoms with van der Waals surface area (Å²) in [6.07, 6.45) is 5.08. The van der Waals surface area contributed by atoms with Gasteiger partial charge in [-0.1, -0.05) is 6.92 Å². The smallest absolute Gasteiger partial charge is 0.412 e. The van der Waals surface area contributed by atoms with Gasteiger partial charge in [0, 0.05) is 28.9 Å². The summed E-state index contributed by atoms with van der Waals surface area (Å²) < 4.78 is 7.82. The van der Waals surface area contributed by atoms with Crippen LogP contribution in [0.4, 0.5) is 10.5 Å². The van der Waals surface area contributed by atoms with Crippen molar-refractivity contribution in [1.29, 1.82) is 0 Å². The van der Waals surface area contributed by atoms with E-state index >= 15 is 0 Å². The second-order valence-electron chi connectivity index (χ2n) is 8.07. The third-order valence-corrected chi connectivity index (χ3v) is 4.90. The van der Waals surface area contributed by atoms with Gasteiger partial charge in [-0.3, -0.25) is 9.58 Å². The lowest BCUT2D eigenvalue weighted by Crippen LogP contribution is -2.41. The van der Waals surface area contributed by atoms with E-state index in [1.54, 1.807) is 24.7 Å². The summed E-state index contributed by atoms with van der Waals surface area (Å²) in [5, 5.41) is 24.1. The Labute approximate surface area is 165 Å². The molecule has 3 rings (SSSR count). The quantitative estimate of drug-likeness (QED) is 0.784. The van der Waals surface area contributed by atoms with Crippen molar-refractivity contribution in [3.63, 3.8) is 0 Å². The number of carbonyl (C=O) groups is 1. The lowest BCUT2D eigenvalue weighted by molar-refractivity contribution is 0.0577. The van der Waals surface area contributed by atoms with Gasteiger partial charge in [-0.25, -0.2) is 4.79 Å². The summed E-state index contributed by atoms with van der Waals surface area (Å²) in [5.41, 5.74) is 2.55. The van der Waals surface area contributed by atoms with E-state index in [0.717, 1.165) is 41.7 Å². The minimum absolute atomic E-state index is 0.0654. The van der Waals surface area contributed by atoms with E-state index in [-0.39, 0.29) is 6.04 Å². The van der Waals surface area contributed by atoms with Gasteiger partial charge in [-0.05, 0) is 52.2 Å². The van der Waals surface area contributed by atoms with Gasteiger partial charge in [0.05, 0.1) is 30.6 Å². The van der Waals surface area contributed by atoms with Crippen molar-refractivity contribution in [2.24, 2.45) is 0 Å². The number of hydrogen-bond acceptors (Lipinski definition) is 4. The molecule has 2 heterocycles. The number of aromatic nitrogens is 2. The fraction of sp³-hybridized carbons (Fsp3) is 0.524. The van der Waals surface area contributed by atoms with Crippen LogP contribution in [0.5, 0.6) is 5.75 Å². The highest BCUT2D eigenvalue weighted by atomic mass is 16.5. The van der Waals surface area contributed by atoms with Crippen molar-refractivity contribution in [3.05, 3.63) is 30.1 Å². The summed E-state index contributed by atoms with van der Waals surface area (Å²) in [5.74, 6) is 0.736. The molecule has 0 radical (unpaired) electrons. The Balaban J connectivity index is 2.06. The molecule has 0 aliphatic carbocycles. The maximum absolute atomic E-state index is 11.8. The normalized spacial score (nSPS) is 16.8. The van der Waals surface area contributed by atoms with Gasteiger partial charge in [0.1, 0.15) is 5.75 Å². The van der Waals surface area contributed by atoms with E-state index in [4.69, 9.17) is 4.74 Å². The third kappa shape index (κ3) is 4.14. The number of benzene rings is 1. The van der Waals surface area contributed by atoms with Gasteiger partial charge in [0.25, 0.3) is 0 Å². The van der Waals surface area contributed by atoms with Crippen LogP contribution >= 0.6 is 0 Å². The minimum Gasteiger partial charge on any atom is -0.493 e. The number of hydrogen-bond donors (Lipinski definition) is 2. The zero-order chi connectivity index (χ0) is 20.5. The molecule has 1 amide bonds. The Morgan fingerprint density at radius 1 is 1.39 bits per heavy atom. The molecule has 7 heteroatoms. The molecule has 7 nitrogen and oxygen atoms in total. The number of fused-ring (bicyclic) bond motifs is 1. The molecule has 0 saturated heterocycles. The highest BCUT2D eigenvalue weighted by molar-refractivity contribution is 5.91. The fourth-order valence-corrected chi connectivity index (χ4v) is 3.68. The van der Waals surface area contributed by atoms with Crippen LogP contribution in [0.15, 0.2) is 24.5 Å². The molecule has 152 valence electrons. The summed E-state index contributed by atoms with van der Waals surface area (Å²) >= 11 is 0. The largest absolute Gasteiger partial charge is 0.493 e. The highest BCUT2D eigenvalue weighted by Crippen LogP contribution is 2.43. The SMILES string of the molecule is CCCOc1c(-c2cnn(CC(C)(C)O)c2)ccc2c1CC[C@H](C)N2C(=O)O. The van der Waals surface area contributed by atoms with Crippen molar-refractivity contribution in [2.45, 2.75) is 65.1 Å². The molecular formula is C21H29N3O4. The molecule has 0 spiro atoms. The molecule has 0 bridgehead atoms. The van der Waals surface area contributed by atoms with Crippen LogP contribution in [0.25, 0.3) is 11.1 Å². The molecule has 1 aliphatic rings. The summed E-state index contributed by atoms with van der Waals surface area (Å²) in [6, 6.07) is 3.70. The lowest BCUT2D eigenvalue weighted by atomic mass is 9.92. The number of nitrogens with zero attached hydrogens (tertiary/aromatic N) is 3. The maximum atomic E-state index is 11.8. The third-order valence-electron chi connectivity index (χ3n) is 4.90. The van der Waals surface area contributed by atoms with Gasteiger partial charge in [0.15, 0.2) is 0 Å². The van der Waals surface area contributed by atoms with E-state index in [1.807, 2.05) is 32.2 Å². The summed E-state index contributed by atoms with van der Waals surface area (Å²) in [6.45, 7) is 8.40. The van der Waals surface area contributed by atoms with Crippen molar-refractivity contribution in [3.8, 4) is 16.9 Å². The Hall–Kier alpha value is -2.54. The van der Waals surface area contributed by atoms with Crippen LogP contribution < -0.4 is 9.64 Å². The van der Waals surface area contributed by atoms with E-state index in [9.17, 15) is 15.0 Å². The predicted molar refractivity (Wildman–Crippen MR) is 108 cm³/mol. The van der Waals surface area contributed by atoms with Gasteiger partial charge < -0.3 is 14.9 Å². The standard InChI is InChI=1S/C21H29N3O4/c1-5-10-28-19-16(15-11-22-23(12-15)13-21(3,4)27)8-9-18-17(19)7-6-14(2)24(18)20(25)26/h8-9,11-12,14,27H,5-7,10,13H2,1-4H3,(H,25,26)/t14-/m0/s1. The first kappa shape index (κ1) is 20.2. The van der Waals surface area contributed by atoms with Crippen molar-refractivity contribution >= 4 is 11.8 Å². The monoisotopic (exact) mass is 387 g/mol. The lowest BCUT2D eigenvalue weighted by Gasteiger charge is -2.34. The molecule has 1 atom stereocenters. The summed E-state index contributed by atoms with van der Waals surface area (Å²) in [7, 11) is 0. The average Bonchev–Trinajstić information content (AvgIpc) is 3.05. The number of aliphatic hydroxyl groups is 1. The molecular weight excluding hydrogens is 358 g/mol. The Morgan fingerprint density at radius 2 is 2.14 bits per heavy atom. The zero-order valence-corrected chi connectivity index (χ0v) is 17.0. The molecule has 2 aromatic rings. The maximum Gasteiger partial charge on any atom is 0.412 e. The Bertz CT molecular complexity index is 854. The molecule has 28 heavy (non-hydrogen) atoms. The molecule has 0 unspecified atom stereocenters. The van der Waals surface area contributed by atoms with E-state index in [2.05, 4.69) is 5.10 Å². The zero-order valence-electron chi connectivity index (χ0n) is 17.0. The van der Waals surface area contributed by atoms with Crippen molar-refractivity contribution in [2.75, 3.05) is 11.5 Å². The molecule has 1 aromatic carbocycles. The van der Waals surface area contributed by atoms with Crippen LogP contribution in [-0.4, -0.2) is 44.3 Å². The van der Waals surface area contributed by atoms with E-state index in [1.165, 1.54) is 4.90 Å². The van der Waals surface area contributed by atoms with Crippen LogP contribution in [0.2, 0.25) is 0 Å². The number of amides is 1. The molecule has 0 saturated carbocycles. The molecule has 1 aliphatic heterocycles. The van der Waals surface area contributed by atoms with Crippen LogP contribution in [0.1, 0.15) is 46.1 Å². The van der Waals surface area contributed by atoms with Gasteiger partial charge in [0.2, 0.25) is 0 Å². The van der Waals surface area contributed by atoms with Crippen LogP contribution in [-0.2, 0) is 13.0 Å². The Kier molecular flexibility index (Phi) is 5.65. The number of rotatable bonds is 6. The second kappa shape index (κ2) is 7.83. The molecule has 2 N–H and O–H groups in total.